The first kappa shape index (κ1) is 19.1. The summed E-state index contributed by atoms with van der Waals surface area (Å²) in [5.41, 5.74) is -1.13. The Balaban J connectivity index is 4.56. The average Bonchev–Trinajstić information content (AvgIpc) is 2.41. The molecule has 0 N–H and O–H groups in total. The Hall–Kier alpha value is -0.900. The molecule has 0 aromatic rings. The molecule has 0 saturated carbocycles. The SMILES string of the molecule is CCCCOCC(C)(OC(=O)CCC)C(=O)CCCC. The van der Waals surface area contributed by atoms with E-state index in [1.165, 1.54) is 0 Å². The maximum absolute atomic E-state index is 12.3. The van der Waals surface area contributed by atoms with Gasteiger partial charge in [-0.1, -0.05) is 33.6 Å². The van der Waals surface area contributed by atoms with Crippen LogP contribution in [-0.2, 0) is 19.1 Å². The predicted octanol–water partition coefficient (Wildman–Crippen LogP) is 3.66. The molecule has 0 aromatic heterocycles. The lowest BCUT2D eigenvalue weighted by atomic mass is 9.97. The number of rotatable bonds is 12. The summed E-state index contributed by atoms with van der Waals surface area (Å²) in [7, 11) is 0. The normalized spacial score (nSPS) is 13.8. The Bertz CT molecular complexity index is 288. The van der Waals surface area contributed by atoms with E-state index in [9.17, 15) is 9.59 Å². The summed E-state index contributed by atoms with van der Waals surface area (Å²) in [5, 5.41) is 0. The average molecular weight is 286 g/mol. The summed E-state index contributed by atoms with van der Waals surface area (Å²) in [4.78, 5) is 24.0. The van der Waals surface area contributed by atoms with Crippen molar-refractivity contribution in [3.05, 3.63) is 0 Å². The zero-order chi connectivity index (χ0) is 15.4. The van der Waals surface area contributed by atoms with Gasteiger partial charge in [0.05, 0.1) is 6.61 Å². The fourth-order valence-electron chi connectivity index (χ4n) is 1.79. The van der Waals surface area contributed by atoms with E-state index in [1.807, 2.05) is 13.8 Å². The van der Waals surface area contributed by atoms with E-state index >= 15 is 0 Å². The first-order chi connectivity index (χ1) is 9.50. The number of carbonyl (C=O) groups is 2. The predicted molar refractivity (Wildman–Crippen MR) is 79.7 cm³/mol. The monoisotopic (exact) mass is 286 g/mol. The maximum Gasteiger partial charge on any atom is 0.306 e. The van der Waals surface area contributed by atoms with Crippen molar-refractivity contribution < 1.29 is 19.1 Å². The van der Waals surface area contributed by atoms with Crippen molar-refractivity contribution in [2.75, 3.05) is 13.2 Å². The molecule has 4 heteroatoms. The van der Waals surface area contributed by atoms with Crippen molar-refractivity contribution in [2.45, 2.75) is 78.2 Å². The highest BCUT2D eigenvalue weighted by Gasteiger charge is 2.36. The quantitative estimate of drug-likeness (QED) is 0.406. The molecule has 1 unspecified atom stereocenters. The Morgan fingerprint density at radius 2 is 1.60 bits per heavy atom. The van der Waals surface area contributed by atoms with E-state index in [0.29, 0.717) is 19.4 Å². The molecular weight excluding hydrogens is 256 g/mol. The first-order valence-electron chi connectivity index (χ1n) is 7.83. The first-order valence-corrected chi connectivity index (χ1v) is 7.83. The van der Waals surface area contributed by atoms with E-state index in [-0.39, 0.29) is 18.4 Å². The second-order valence-electron chi connectivity index (χ2n) is 5.39. The lowest BCUT2D eigenvalue weighted by Crippen LogP contribution is -2.44. The minimum atomic E-state index is -1.13. The van der Waals surface area contributed by atoms with E-state index in [0.717, 1.165) is 32.1 Å². The standard InChI is InChI=1S/C16H30O4/c1-5-8-11-14(17)16(4,13-19-12-9-6-2)20-15(18)10-7-3/h5-13H2,1-4H3. The number of hydrogen-bond donors (Lipinski definition) is 0. The molecule has 0 aromatic carbocycles. The van der Waals surface area contributed by atoms with E-state index in [2.05, 4.69) is 6.92 Å². The van der Waals surface area contributed by atoms with Crippen molar-refractivity contribution >= 4 is 11.8 Å². The largest absolute Gasteiger partial charge is 0.449 e. The molecule has 0 fully saturated rings. The molecule has 0 radical (unpaired) electrons. The molecule has 0 saturated heterocycles. The second-order valence-corrected chi connectivity index (χ2v) is 5.39. The smallest absolute Gasteiger partial charge is 0.306 e. The summed E-state index contributed by atoms with van der Waals surface area (Å²) in [5.74, 6) is -0.362. The third-order valence-electron chi connectivity index (χ3n) is 3.16. The summed E-state index contributed by atoms with van der Waals surface area (Å²) in [6.07, 6.45) is 5.23. The summed E-state index contributed by atoms with van der Waals surface area (Å²) in [6, 6.07) is 0. The van der Waals surface area contributed by atoms with Crippen LogP contribution in [0.25, 0.3) is 0 Å². The van der Waals surface area contributed by atoms with Crippen molar-refractivity contribution in [2.24, 2.45) is 0 Å². The number of carbonyl (C=O) groups excluding carboxylic acids is 2. The third-order valence-corrected chi connectivity index (χ3v) is 3.16. The van der Waals surface area contributed by atoms with Gasteiger partial charge in [-0.05, 0) is 26.2 Å². The molecular formula is C16H30O4. The maximum atomic E-state index is 12.3. The molecule has 0 aliphatic heterocycles. The fourth-order valence-corrected chi connectivity index (χ4v) is 1.79. The minimum Gasteiger partial charge on any atom is -0.449 e. The summed E-state index contributed by atoms with van der Waals surface area (Å²) >= 11 is 0. The van der Waals surface area contributed by atoms with Gasteiger partial charge in [0.25, 0.3) is 0 Å². The molecule has 20 heavy (non-hydrogen) atoms. The van der Waals surface area contributed by atoms with Crippen molar-refractivity contribution in [3.63, 3.8) is 0 Å². The Morgan fingerprint density at radius 3 is 2.15 bits per heavy atom. The number of ketones is 1. The van der Waals surface area contributed by atoms with Gasteiger partial charge < -0.3 is 9.47 Å². The number of ether oxygens (including phenoxy) is 2. The van der Waals surface area contributed by atoms with Gasteiger partial charge in [0.1, 0.15) is 0 Å². The van der Waals surface area contributed by atoms with E-state index < -0.39 is 5.60 Å². The van der Waals surface area contributed by atoms with E-state index in [1.54, 1.807) is 6.92 Å². The molecule has 0 bridgehead atoms. The summed E-state index contributed by atoms with van der Waals surface area (Å²) < 4.78 is 10.9. The highest BCUT2D eigenvalue weighted by Crippen LogP contribution is 2.18. The van der Waals surface area contributed by atoms with Crippen LogP contribution in [0.1, 0.15) is 72.6 Å². The molecule has 0 aliphatic carbocycles. The molecule has 0 spiro atoms. The molecule has 0 amide bonds. The topological polar surface area (TPSA) is 52.6 Å². The highest BCUT2D eigenvalue weighted by molar-refractivity contribution is 5.89. The molecule has 0 heterocycles. The zero-order valence-electron chi connectivity index (χ0n) is 13.5. The van der Waals surface area contributed by atoms with Gasteiger partial charge in [-0.2, -0.15) is 0 Å². The number of hydrogen-bond acceptors (Lipinski definition) is 4. The Kier molecular flexibility index (Phi) is 10.3. The van der Waals surface area contributed by atoms with Crippen molar-refractivity contribution in [1.29, 1.82) is 0 Å². The molecule has 4 nitrogen and oxygen atoms in total. The molecule has 1 atom stereocenters. The third kappa shape index (κ3) is 7.63. The van der Waals surface area contributed by atoms with Crippen molar-refractivity contribution in [1.82, 2.24) is 0 Å². The van der Waals surface area contributed by atoms with Crippen LogP contribution < -0.4 is 0 Å². The van der Waals surface area contributed by atoms with Gasteiger partial charge >= 0.3 is 5.97 Å². The van der Waals surface area contributed by atoms with Crippen LogP contribution >= 0.6 is 0 Å². The van der Waals surface area contributed by atoms with Gasteiger partial charge in [-0.3, -0.25) is 9.59 Å². The molecule has 118 valence electrons. The van der Waals surface area contributed by atoms with E-state index in [4.69, 9.17) is 9.47 Å². The van der Waals surface area contributed by atoms with Crippen LogP contribution in [0.5, 0.6) is 0 Å². The zero-order valence-corrected chi connectivity index (χ0v) is 13.5. The van der Waals surface area contributed by atoms with Gasteiger partial charge in [0.2, 0.25) is 0 Å². The number of Topliss-reactive ketones (excluding diaryl/α,β-unsaturated/α-hetero) is 1. The highest BCUT2D eigenvalue weighted by atomic mass is 16.6. The number of esters is 1. The minimum absolute atomic E-state index is 0.0414. The van der Waals surface area contributed by atoms with Crippen molar-refractivity contribution in [3.8, 4) is 0 Å². The van der Waals surface area contributed by atoms with Crippen LogP contribution in [0.4, 0.5) is 0 Å². The Labute approximate surface area is 123 Å². The molecule has 0 rings (SSSR count). The lowest BCUT2D eigenvalue weighted by Gasteiger charge is -2.28. The van der Waals surface area contributed by atoms with Gasteiger partial charge in [0.15, 0.2) is 11.4 Å². The fraction of sp³-hybridized carbons (Fsp3) is 0.875. The van der Waals surface area contributed by atoms with Crippen LogP contribution in [0, 0.1) is 0 Å². The van der Waals surface area contributed by atoms with Crippen LogP contribution in [-0.4, -0.2) is 30.6 Å². The number of unbranched alkanes of at least 4 members (excludes halogenated alkanes) is 2. The molecule has 0 aliphatic rings. The van der Waals surface area contributed by atoms with Crippen LogP contribution in [0.2, 0.25) is 0 Å². The van der Waals surface area contributed by atoms with Crippen LogP contribution in [0.15, 0.2) is 0 Å². The second kappa shape index (κ2) is 10.8. The van der Waals surface area contributed by atoms with Crippen LogP contribution in [0.3, 0.4) is 0 Å². The Morgan fingerprint density at radius 1 is 0.950 bits per heavy atom. The summed E-state index contributed by atoms with van der Waals surface area (Å²) in [6.45, 7) is 8.45. The van der Waals surface area contributed by atoms with Gasteiger partial charge in [-0.15, -0.1) is 0 Å². The lowest BCUT2D eigenvalue weighted by molar-refractivity contribution is -0.172. The van der Waals surface area contributed by atoms with Gasteiger partial charge in [0, 0.05) is 19.4 Å². The van der Waals surface area contributed by atoms with Gasteiger partial charge in [-0.25, -0.2) is 0 Å².